The molecule has 0 saturated heterocycles. The van der Waals surface area contributed by atoms with Crippen molar-refractivity contribution in [1.82, 2.24) is 10.2 Å². The highest BCUT2D eigenvalue weighted by Crippen LogP contribution is 2.27. The van der Waals surface area contributed by atoms with Gasteiger partial charge in [-0.1, -0.05) is 90.5 Å². The minimum atomic E-state index is -4.37. The number of carbonyl (C=O) groups is 2. The van der Waals surface area contributed by atoms with E-state index in [1.54, 1.807) is 12.1 Å². The van der Waals surface area contributed by atoms with Gasteiger partial charge in [0, 0.05) is 19.0 Å². The van der Waals surface area contributed by atoms with E-state index in [9.17, 15) is 18.0 Å². The van der Waals surface area contributed by atoms with E-state index in [4.69, 9.17) is 0 Å². The number of nitrogens with one attached hydrogen (secondary N) is 1. The van der Waals surface area contributed by atoms with E-state index in [2.05, 4.69) is 5.32 Å². The number of anilines is 1. The van der Waals surface area contributed by atoms with Crippen LogP contribution in [0.4, 0.5) is 10.1 Å². The molecule has 4 aromatic rings. The molecule has 43 heavy (non-hydrogen) atoms. The number of hydrogen-bond donors (Lipinski definition) is 1. The van der Waals surface area contributed by atoms with Gasteiger partial charge in [-0.25, -0.2) is 12.8 Å². The quantitative estimate of drug-likeness (QED) is 0.233. The number of rotatable bonds is 12. The first-order valence-electron chi connectivity index (χ1n) is 14.1. The summed E-state index contributed by atoms with van der Waals surface area (Å²) in [5, 5.41) is 2.92. The standard InChI is InChI=1S/C34H36FN3O4S/c1-25(2)36-34(40)32(22-27-12-6-4-7-13-27)37(23-28-14-8-5-9-15-28)33(39)24-38(31-17-11-10-16-30(31)35)43(41,42)29-20-18-26(3)19-21-29/h4-21,25,32H,22-24H2,1-3H3,(H,36,40)/t32-/m0/s1. The van der Waals surface area contributed by atoms with E-state index in [1.165, 1.54) is 35.2 Å². The molecule has 7 nitrogen and oxygen atoms in total. The molecule has 1 N–H and O–H groups in total. The Balaban J connectivity index is 1.80. The van der Waals surface area contributed by atoms with Crippen LogP contribution in [0.1, 0.15) is 30.5 Å². The van der Waals surface area contributed by atoms with Crippen LogP contribution in [0.2, 0.25) is 0 Å². The van der Waals surface area contributed by atoms with Crippen LogP contribution in [0, 0.1) is 12.7 Å². The van der Waals surface area contributed by atoms with Gasteiger partial charge in [0.15, 0.2) is 0 Å². The van der Waals surface area contributed by atoms with Gasteiger partial charge in [0.2, 0.25) is 11.8 Å². The predicted molar refractivity (Wildman–Crippen MR) is 166 cm³/mol. The molecule has 0 saturated carbocycles. The Kier molecular flexibility index (Phi) is 10.3. The van der Waals surface area contributed by atoms with Gasteiger partial charge in [0.1, 0.15) is 18.4 Å². The minimum absolute atomic E-state index is 0.0401. The average molecular weight is 602 g/mol. The topological polar surface area (TPSA) is 86.8 Å². The van der Waals surface area contributed by atoms with Gasteiger partial charge in [0.05, 0.1) is 10.6 Å². The van der Waals surface area contributed by atoms with Crippen molar-refractivity contribution in [2.24, 2.45) is 0 Å². The maximum Gasteiger partial charge on any atom is 0.264 e. The van der Waals surface area contributed by atoms with Crippen LogP contribution >= 0.6 is 0 Å². The zero-order valence-electron chi connectivity index (χ0n) is 24.5. The summed E-state index contributed by atoms with van der Waals surface area (Å²) >= 11 is 0. The first-order valence-corrected chi connectivity index (χ1v) is 15.5. The molecule has 0 aliphatic carbocycles. The molecular formula is C34H36FN3O4S. The van der Waals surface area contributed by atoms with Crippen molar-refractivity contribution in [2.45, 2.75) is 50.7 Å². The molecule has 0 spiro atoms. The number of carbonyl (C=O) groups excluding carboxylic acids is 2. The summed E-state index contributed by atoms with van der Waals surface area (Å²) in [7, 11) is -4.37. The van der Waals surface area contributed by atoms with E-state index in [0.29, 0.717) is 0 Å². The second-order valence-electron chi connectivity index (χ2n) is 10.7. The van der Waals surface area contributed by atoms with Crippen molar-refractivity contribution in [1.29, 1.82) is 0 Å². The van der Waals surface area contributed by atoms with Gasteiger partial charge in [-0.15, -0.1) is 0 Å². The molecule has 4 aromatic carbocycles. The molecule has 9 heteroatoms. The second kappa shape index (κ2) is 14.1. The molecule has 224 valence electrons. The highest BCUT2D eigenvalue weighted by Gasteiger charge is 2.35. The zero-order chi connectivity index (χ0) is 31.0. The fourth-order valence-electron chi connectivity index (χ4n) is 4.72. The first kappa shape index (κ1) is 31.4. The van der Waals surface area contributed by atoms with Crippen LogP contribution in [-0.4, -0.2) is 43.8 Å². The Bertz CT molecular complexity index is 1630. The van der Waals surface area contributed by atoms with Gasteiger partial charge in [0.25, 0.3) is 10.0 Å². The number of hydrogen-bond acceptors (Lipinski definition) is 4. The first-order chi connectivity index (χ1) is 20.6. The van der Waals surface area contributed by atoms with Crippen molar-refractivity contribution in [2.75, 3.05) is 10.8 Å². The summed E-state index contributed by atoms with van der Waals surface area (Å²) in [4.78, 5) is 29.3. The Morgan fingerprint density at radius 3 is 1.93 bits per heavy atom. The third kappa shape index (κ3) is 8.08. The normalized spacial score (nSPS) is 12.0. The number of halogens is 1. The monoisotopic (exact) mass is 601 g/mol. The predicted octanol–water partition coefficient (Wildman–Crippen LogP) is 5.49. The van der Waals surface area contributed by atoms with Crippen molar-refractivity contribution in [3.05, 3.63) is 132 Å². The molecule has 1 atom stereocenters. The van der Waals surface area contributed by atoms with Gasteiger partial charge < -0.3 is 10.2 Å². The minimum Gasteiger partial charge on any atom is -0.352 e. The van der Waals surface area contributed by atoms with Crippen LogP contribution in [0.25, 0.3) is 0 Å². The number of benzene rings is 4. The van der Waals surface area contributed by atoms with Crippen molar-refractivity contribution in [3.63, 3.8) is 0 Å². The van der Waals surface area contributed by atoms with Gasteiger partial charge in [-0.05, 0) is 56.2 Å². The van der Waals surface area contributed by atoms with Crippen LogP contribution in [0.5, 0.6) is 0 Å². The van der Waals surface area contributed by atoms with Crippen LogP contribution in [-0.2, 0) is 32.6 Å². The highest BCUT2D eigenvalue weighted by atomic mass is 32.2. The Hall–Kier alpha value is -4.50. The van der Waals surface area contributed by atoms with Crippen LogP contribution in [0.3, 0.4) is 0 Å². The summed E-state index contributed by atoms with van der Waals surface area (Å²) in [6, 6.07) is 28.9. The number of para-hydroxylation sites is 1. The molecule has 0 heterocycles. The Morgan fingerprint density at radius 2 is 1.35 bits per heavy atom. The summed E-state index contributed by atoms with van der Waals surface area (Å²) in [6.45, 7) is 4.80. The lowest BCUT2D eigenvalue weighted by Crippen LogP contribution is -2.54. The third-order valence-corrected chi connectivity index (χ3v) is 8.68. The number of aryl methyl sites for hydroxylation is 1. The average Bonchev–Trinajstić information content (AvgIpc) is 2.99. The molecule has 0 aromatic heterocycles. The fourth-order valence-corrected chi connectivity index (χ4v) is 6.14. The molecule has 0 fully saturated rings. The molecule has 2 amide bonds. The van der Waals surface area contributed by atoms with Crippen molar-refractivity contribution >= 4 is 27.5 Å². The van der Waals surface area contributed by atoms with E-state index in [1.807, 2.05) is 81.4 Å². The maximum atomic E-state index is 15.2. The molecule has 0 unspecified atom stereocenters. The van der Waals surface area contributed by atoms with E-state index in [0.717, 1.165) is 27.1 Å². The Labute approximate surface area is 253 Å². The van der Waals surface area contributed by atoms with Crippen LogP contribution in [0.15, 0.2) is 114 Å². The summed E-state index contributed by atoms with van der Waals surface area (Å²) in [5.74, 6) is -1.82. The van der Waals surface area contributed by atoms with Crippen molar-refractivity contribution in [3.8, 4) is 0 Å². The second-order valence-corrected chi connectivity index (χ2v) is 12.5. The Morgan fingerprint density at radius 1 is 0.791 bits per heavy atom. The van der Waals surface area contributed by atoms with E-state index < -0.39 is 34.3 Å². The third-order valence-electron chi connectivity index (χ3n) is 6.91. The van der Waals surface area contributed by atoms with Crippen molar-refractivity contribution < 1.29 is 22.4 Å². The molecule has 0 aliphatic heterocycles. The highest BCUT2D eigenvalue weighted by molar-refractivity contribution is 7.92. The fraction of sp³-hybridized carbons (Fsp3) is 0.235. The number of amides is 2. The lowest BCUT2D eigenvalue weighted by Gasteiger charge is -2.34. The largest absolute Gasteiger partial charge is 0.352 e. The number of sulfonamides is 1. The molecule has 4 rings (SSSR count). The van der Waals surface area contributed by atoms with Gasteiger partial charge in [-0.3, -0.25) is 13.9 Å². The molecule has 0 aliphatic rings. The molecule has 0 radical (unpaired) electrons. The smallest absolute Gasteiger partial charge is 0.264 e. The molecular weight excluding hydrogens is 565 g/mol. The maximum absolute atomic E-state index is 15.2. The SMILES string of the molecule is Cc1ccc(S(=O)(=O)N(CC(=O)N(Cc2ccccc2)[C@@H](Cc2ccccc2)C(=O)NC(C)C)c2ccccc2F)cc1. The zero-order valence-corrected chi connectivity index (χ0v) is 25.3. The molecule has 0 bridgehead atoms. The lowest BCUT2D eigenvalue weighted by molar-refractivity contribution is -0.140. The summed E-state index contributed by atoms with van der Waals surface area (Å²) < 4.78 is 43.9. The lowest BCUT2D eigenvalue weighted by atomic mass is 10.0. The number of nitrogens with zero attached hydrogens (tertiary/aromatic N) is 2. The van der Waals surface area contributed by atoms with E-state index >= 15 is 4.39 Å². The summed E-state index contributed by atoms with van der Waals surface area (Å²) in [6.07, 6.45) is 0.197. The van der Waals surface area contributed by atoms with Gasteiger partial charge >= 0.3 is 0 Å². The van der Waals surface area contributed by atoms with E-state index in [-0.39, 0.29) is 35.5 Å². The summed E-state index contributed by atoms with van der Waals surface area (Å²) in [5.41, 5.74) is 2.17. The van der Waals surface area contributed by atoms with Gasteiger partial charge in [-0.2, -0.15) is 0 Å². The van der Waals surface area contributed by atoms with Crippen LogP contribution < -0.4 is 9.62 Å².